The highest BCUT2D eigenvalue weighted by Crippen LogP contribution is 2.17. The van der Waals surface area contributed by atoms with Crippen LogP contribution in [0.15, 0.2) is 54.7 Å². The smallest absolute Gasteiger partial charge is 0.259 e. The van der Waals surface area contributed by atoms with Gasteiger partial charge in [0.15, 0.2) is 0 Å². The van der Waals surface area contributed by atoms with Crippen LogP contribution in [0.1, 0.15) is 27.3 Å². The number of hydrogen-bond acceptors (Lipinski definition) is 4. The number of anilines is 1. The van der Waals surface area contributed by atoms with Gasteiger partial charge in [0.25, 0.3) is 5.91 Å². The summed E-state index contributed by atoms with van der Waals surface area (Å²) >= 11 is 0. The average molecular weight is 335 g/mol. The van der Waals surface area contributed by atoms with Crippen LogP contribution in [-0.4, -0.2) is 25.6 Å². The molecule has 1 amide bonds. The number of aromatic nitrogens is 3. The summed E-state index contributed by atoms with van der Waals surface area (Å²) in [6.45, 7) is 2.82. The fourth-order valence-corrected chi connectivity index (χ4v) is 2.67. The topological polar surface area (TPSA) is 77.0 Å². The zero-order valence-corrected chi connectivity index (χ0v) is 14.4. The van der Waals surface area contributed by atoms with Gasteiger partial charge in [-0.05, 0) is 24.6 Å². The lowest BCUT2D eigenvalue weighted by Crippen LogP contribution is -2.31. The molecular formula is C19H21N5O. The number of pyridine rings is 1. The third kappa shape index (κ3) is 3.85. The molecule has 0 fully saturated rings. The second-order valence-electron chi connectivity index (χ2n) is 5.98. The lowest BCUT2D eigenvalue weighted by atomic mass is 10.1. The predicted molar refractivity (Wildman–Crippen MR) is 96.6 cm³/mol. The minimum Gasteiger partial charge on any atom is -0.383 e. The average Bonchev–Trinajstić information content (AvgIpc) is 2.94. The molecule has 0 aliphatic carbocycles. The molecule has 0 spiro atoms. The van der Waals surface area contributed by atoms with E-state index in [-0.39, 0.29) is 5.91 Å². The summed E-state index contributed by atoms with van der Waals surface area (Å²) in [5.74, 6) is 0.207. The van der Waals surface area contributed by atoms with E-state index in [1.165, 1.54) is 10.9 Å². The Bertz CT molecular complexity index is 873. The van der Waals surface area contributed by atoms with Crippen molar-refractivity contribution in [2.75, 3.05) is 5.73 Å². The third-order valence-electron chi connectivity index (χ3n) is 4.02. The zero-order valence-electron chi connectivity index (χ0n) is 14.4. The van der Waals surface area contributed by atoms with E-state index in [9.17, 15) is 4.79 Å². The highest BCUT2D eigenvalue weighted by Gasteiger charge is 2.21. The number of nitrogens with two attached hydrogens (primary N) is 1. The number of hydrogen-bond donors (Lipinski definition) is 1. The Balaban J connectivity index is 1.90. The van der Waals surface area contributed by atoms with Crippen molar-refractivity contribution in [3.63, 3.8) is 0 Å². The third-order valence-corrected chi connectivity index (χ3v) is 4.02. The molecule has 0 aliphatic rings. The van der Waals surface area contributed by atoms with Crippen LogP contribution >= 0.6 is 0 Å². The molecule has 128 valence electrons. The van der Waals surface area contributed by atoms with E-state index in [0.29, 0.717) is 24.5 Å². The van der Waals surface area contributed by atoms with E-state index < -0.39 is 0 Å². The van der Waals surface area contributed by atoms with Crippen molar-refractivity contribution in [1.29, 1.82) is 0 Å². The van der Waals surface area contributed by atoms with Crippen LogP contribution < -0.4 is 5.73 Å². The van der Waals surface area contributed by atoms with Gasteiger partial charge in [0.1, 0.15) is 11.4 Å². The van der Waals surface area contributed by atoms with E-state index in [1.807, 2.05) is 55.5 Å². The molecule has 2 aromatic heterocycles. The van der Waals surface area contributed by atoms with Crippen LogP contribution in [-0.2, 0) is 20.1 Å². The molecular weight excluding hydrogens is 314 g/mol. The van der Waals surface area contributed by atoms with Gasteiger partial charge < -0.3 is 10.6 Å². The maximum atomic E-state index is 13.0. The molecule has 25 heavy (non-hydrogen) atoms. The van der Waals surface area contributed by atoms with E-state index in [4.69, 9.17) is 5.73 Å². The van der Waals surface area contributed by atoms with Gasteiger partial charge in [0.05, 0.1) is 18.4 Å². The number of carbonyl (C=O) groups is 1. The lowest BCUT2D eigenvalue weighted by molar-refractivity contribution is 0.0729. The first-order valence-corrected chi connectivity index (χ1v) is 8.08. The summed E-state index contributed by atoms with van der Waals surface area (Å²) in [7, 11) is 1.72. The monoisotopic (exact) mass is 335 g/mol. The number of carbonyl (C=O) groups excluding carboxylic acids is 1. The van der Waals surface area contributed by atoms with Crippen LogP contribution in [0.25, 0.3) is 0 Å². The van der Waals surface area contributed by atoms with Crippen LogP contribution in [0.2, 0.25) is 0 Å². The molecule has 2 N–H and O–H groups in total. The summed E-state index contributed by atoms with van der Waals surface area (Å²) in [5.41, 5.74) is 9.21. The van der Waals surface area contributed by atoms with Crippen molar-refractivity contribution in [3.05, 3.63) is 77.2 Å². The Morgan fingerprint density at radius 3 is 2.52 bits per heavy atom. The molecule has 6 nitrogen and oxygen atoms in total. The first-order chi connectivity index (χ1) is 12.0. The summed E-state index contributed by atoms with van der Waals surface area (Å²) in [4.78, 5) is 19.3. The summed E-state index contributed by atoms with van der Waals surface area (Å²) in [6.07, 6.45) is 1.51. The van der Waals surface area contributed by atoms with Crippen molar-refractivity contribution in [3.8, 4) is 0 Å². The molecule has 6 heteroatoms. The highest BCUT2D eigenvalue weighted by molar-refractivity contribution is 5.98. The molecule has 0 unspecified atom stereocenters. The number of aryl methyl sites for hydroxylation is 2. The second kappa shape index (κ2) is 7.17. The van der Waals surface area contributed by atoms with Gasteiger partial charge in [-0.25, -0.2) is 0 Å². The van der Waals surface area contributed by atoms with Crippen molar-refractivity contribution < 1.29 is 4.79 Å². The van der Waals surface area contributed by atoms with Crippen molar-refractivity contribution >= 4 is 11.7 Å². The minimum atomic E-state index is -0.155. The molecule has 3 aromatic rings. The number of nitrogen functional groups attached to an aromatic ring is 1. The SMILES string of the molecule is Cc1cccc(CN(Cc2ccccc2)C(=O)c2cnn(C)c2N)n1. The summed E-state index contributed by atoms with van der Waals surface area (Å²) < 4.78 is 1.50. The number of amides is 1. The molecule has 0 radical (unpaired) electrons. The van der Waals surface area contributed by atoms with Gasteiger partial charge in [0.2, 0.25) is 0 Å². The van der Waals surface area contributed by atoms with Crippen LogP contribution in [0.4, 0.5) is 5.82 Å². The van der Waals surface area contributed by atoms with Gasteiger partial charge in [-0.3, -0.25) is 14.5 Å². The van der Waals surface area contributed by atoms with E-state index in [1.54, 1.807) is 11.9 Å². The van der Waals surface area contributed by atoms with Gasteiger partial charge in [-0.2, -0.15) is 5.10 Å². The van der Waals surface area contributed by atoms with Gasteiger partial charge in [-0.15, -0.1) is 0 Å². The lowest BCUT2D eigenvalue weighted by Gasteiger charge is -2.22. The molecule has 0 atom stereocenters. The van der Waals surface area contributed by atoms with Crippen LogP contribution in [0, 0.1) is 6.92 Å². The molecule has 2 heterocycles. The Morgan fingerprint density at radius 2 is 1.88 bits per heavy atom. The van der Waals surface area contributed by atoms with E-state index >= 15 is 0 Å². The summed E-state index contributed by atoms with van der Waals surface area (Å²) in [5, 5.41) is 4.08. The van der Waals surface area contributed by atoms with E-state index in [2.05, 4.69) is 10.1 Å². The maximum Gasteiger partial charge on any atom is 0.259 e. The number of rotatable bonds is 5. The highest BCUT2D eigenvalue weighted by atomic mass is 16.2. The number of benzene rings is 1. The Morgan fingerprint density at radius 1 is 1.12 bits per heavy atom. The van der Waals surface area contributed by atoms with Gasteiger partial charge in [0, 0.05) is 19.3 Å². The molecule has 0 aliphatic heterocycles. The molecule has 3 rings (SSSR count). The largest absolute Gasteiger partial charge is 0.383 e. The standard InChI is InChI=1S/C19H21N5O/c1-14-7-6-10-16(22-14)13-24(12-15-8-4-3-5-9-15)19(25)17-11-21-23(2)18(17)20/h3-11H,12-13,20H2,1-2H3. The summed E-state index contributed by atoms with van der Waals surface area (Å²) in [6, 6.07) is 15.7. The predicted octanol–water partition coefficient (Wildman–Crippen LogP) is 2.55. The Hall–Kier alpha value is -3.15. The number of nitrogens with zero attached hydrogens (tertiary/aromatic N) is 4. The zero-order chi connectivity index (χ0) is 17.8. The molecule has 0 saturated heterocycles. The Kier molecular flexibility index (Phi) is 4.79. The van der Waals surface area contributed by atoms with Crippen LogP contribution in [0.3, 0.4) is 0 Å². The first-order valence-electron chi connectivity index (χ1n) is 8.08. The molecule has 0 saturated carbocycles. The normalized spacial score (nSPS) is 10.6. The first kappa shape index (κ1) is 16.7. The Labute approximate surface area is 146 Å². The van der Waals surface area contributed by atoms with Gasteiger partial charge >= 0.3 is 0 Å². The molecule has 0 bridgehead atoms. The quantitative estimate of drug-likeness (QED) is 0.777. The second-order valence-corrected chi connectivity index (χ2v) is 5.98. The van der Waals surface area contributed by atoms with Crippen molar-refractivity contribution in [2.24, 2.45) is 7.05 Å². The van der Waals surface area contributed by atoms with Crippen molar-refractivity contribution in [2.45, 2.75) is 20.0 Å². The van der Waals surface area contributed by atoms with Crippen molar-refractivity contribution in [1.82, 2.24) is 19.7 Å². The van der Waals surface area contributed by atoms with Gasteiger partial charge in [-0.1, -0.05) is 36.4 Å². The van der Waals surface area contributed by atoms with E-state index in [0.717, 1.165) is 17.0 Å². The fourth-order valence-electron chi connectivity index (χ4n) is 2.67. The maximum absolute atomic E-state index is 13.0. The minimum absolute atomic E-state index is 0.155. The fraction of sp³-hybridized carbons (Fsp3) is 0.211. The molecule has 1 aromatic carbocycles. The van der Waals surface area contributed by atoms with Crippen LogP contribution in [0.5, 0.6) is 0 Å².